The first kappa shape index (κ1) is 17.2. The molecule has 1 saturated heterocycles. The van der Waals surface area contributed by atoms with E-state index in [2.05, 4.69) is 5.32 Å². The average Bonchev–Trinajstić information content (AvgIpc) is 2.95. The summed E-state index contributed by atoms with van der Waals surface area (Å²) >= 11 is 5.40. The number of benzene rings is 3. The number of rotatable bonds is 3. The van der Waals surface area contributed by atoms with Gasteiger partial charge in [-0.1, -0.05) is 36.4 Å². The molecule has 1 aliphatic heterocycles. The number of nitrogens with zero attached hydrogens (tertiary/aromatic N) is 1. The number of hydrogen-bond donors (Lipinski definition) is 1. The standard InChI is InChI=1S/C22H18N2O2S/c1-14-5-3-4-6-20(14)24-21(25)19(23-22(24)27)12-15-7-8-17-13-18(26-2)10-9-16(17)11-15/h3-13H,1-2H3,(H,23,27)/b19-12-. The van der Waals surface area contributed by atoms with E-state index < -0.39 is 0 Å². The molecule has 3 aromatic carbocycles. The number of thiocarbonyl (C=S) groups is 1. The molecule has 1 N–H and O–H groups in total. The highest BCUT2D eigenvalue weighted by molar-refractivity contribution is 7.80. The van der Waals surface area contributed by atoms with Gasteiger partial charge in [-0.2, -0.15) is 0 Å². The molecular formula is C22H18N2O2S. The van der Waals surface area contributed by atoms with Gasteiger partial charge in [0.15, 0.2) is 5.11 Å². The first-order valence-electron chi connectivity index (χ1n) is 8.57. The minimum Gasteiger partial charge on any atom is -0.497 e. The van der Waals surface area contributed by atoms with Crippen molar-refractivity contribution >= 4 is 45.8 Å². The topological polar surface area (TPSA) is 41.6 Å². The lowest BCUT2D eigenvalue weighted by atomic mass is 10.1. The molecule has 1 aliphatic rings. The summed E-state index contributed by atoms with van der Waals surface area (Å²) in [4.78, 5) is 14.5. The Labute approximate surface area is 163 Å². The number of carbonyl (C=O) groups excluding carboxylic acids is 1. The van der Waals surface area contributed by atoms with E-state index in [-0.39, 0.29) is 5.91 Å². The highest BCUT2D eigenvalue weighted by atomic mass is 32.1. The Morgan fingerprint density at radius 3 is 2.56 bits per heavy atom. The fourth-order valence-corrected chi connectivity index (χ4v) is 3.49. The maximum Gasteiger partial charge on any atom is 0.281 e. The number of hydrogen-bond acceptors (Lipinski definition) is 3. The van der Waals surface area contributed by atoms with Crippen LogP contribution in [-0.4, -0.2) is 18.1 Å². The SMILES string of the molecule is COc1ccc2cc(/C=C3\NC(=S)N(c4ccccc4C)C3=O)ccc2c1. The number of ether oxygens (including phenoxy) is 1. The minimum absolute atomic E-state index is 0.149. The first-order valence-corrected chi connectivity index (χ1v) is 8.98. The maximum atomic E-state index is 12.9. The van der Waals surface area contributed by atoms with Gasteiger partial charge in [-0.05, 0) is 71.4 Å². The van der Waals surface area contributed by atoms with E-state index in [4.69, 9.17) is 17.0 Å². The van der Waals surface area contributed by atoms with Crippen molar-refractivity contribution < 1.29 is 9.53 Å². The van der Waals surface area contributed by atoms with Gasteiger partial charge in [0.2, 0.25) is 0 Å². The number of methoxy groups -OCH3 is 1. The second kappa shape index (κ2) is 6.85. The summed E-state index contributed by atoms with van der Waals surface area (Å²) in [6, 6.07) is 19.6. The molecule has 0 atom stereocenters. The van der Waals surface area contributed by atoms with E-state index >= 15 is 0 Å². The van der Waals surface area contributed by atoms with Crippen LogP contribution in [0.4, 0.5) is 5.69 Å². The molecule has 0 spiro atoms. The zero-order valence-electron chi connectivity index (χ0n) is 15.0. The van der Waals surface area contributed by atoms with Gasteiger partial charge >= 0.3 is 0 Å². The van der Waals surface area contributed by atoms with Crippen molar-refractivity contribution in [1.29, 1.82) is 0 Å². The van der Waals surface area contributed by atoms with Gasteiger partial charge in [-0.3, -0.25) is 9.69 Å². The smallest absolute Gasteiger partial charge is 0.281 e. The fraction of sp³-hybridized carbons (Fsp3) is 0.0909. The molecule has 0 aromatic heterocycles. The predicted octanol–water partition coefficient (Wildman–Crippen LogP) is 4.42. The van der Waals surface area contributed by atoms with Crippen LogP contribution in [-0.2, 0) is 4.79 Å². The maximum absolute atomic E-state index is 12.9. The molecule has 0 unspecified atom stereocenters. The van der Waals surface area contributed by atoms with Gasteiger partial charge < -0.3 is 10.1 Å². The molecule has 1 heterocycles. The van der Waals surface area contributed by atoms with Gasteiger partial charge in [-0.15, -0.1) is 0 Å². The fourth-order valence-electron chi connectivity index (χ4n) is 3.19. The first-order chi connectivity index (χ1) is 13.1. The third kappa shape index (κ3) is 3.17. The number of carbonyl (C=O) groups is 1. The number of fused-ring (bicyclic) bond motifs is 1. The van der Waals surface area contributed by atoms with E-state index in [1.165, 1.54) is 0 Å². The zero-order chi connectivity index (χ0) is 19.0. The molecule has 1 fully saturated rings. The highest BCUT2D eigenvalue weighted by Gasteiger charge is 2.32. The van der Waals surface area contributed by atoms with E-state index in [0.717, 1.165) is 33.3 Å². The molecule has 0 aliphatic carbocycles. The summed E-state index contributed by atoms with van der Waals surface area (Å²) in [5, 5.41) is 5.60. The van der Waals surface area contributed by atoms with Crippen LogP contribution in [0.25, 0.3) is 16.8 Å². The van der Waals surface area contributed by atoms with Crippen molar-refractivity contribution in [3.63, 3.8) is 0 Å². The van der Waals surface area contributed by atoms with Crippen molar-refractivity contribution in [3.8, 4) is 5.75 Å². The zero-order valence-corrected chi connectivity index (χ0v) is 15.8. The Kier molecular flexibility index (Phi) is 4.38. The summed E-state index contributed by atoms with van der Waals surface area (Å²) in [5.41, 5.74) is 3.19. The molecule has 5 heteroatoms. The van der Waals surface area contributed by atoms with E-state index in [1.807, 2.05) is 73.7 Å². The molecule has 4 nitrogen and oxygen atoms in total. The third-order valence-corrected chi connectivity index (χ3v) is 4.90. The van der Waals surface area contributed by atoms with Crippen molar-refractivity contribution in [2.75, 3.05) is 12.0 Å². The van der Waals surface area contributed by atoms with E-state index in [1.54, 1.807) is 12.0 Å². The van der Waals surface area contributed by atoms with Crippen LogP contribution >= 0.6 is 12.2 Å². The molecule has 3 aromatic rings. The van der Waals surface area contributed by atoms with Crippen LogP contribution in [0.2, 0.25) is 0 Å². The molecule has 4 rings (SSSR count). The Balaban J connectivity index is 1.68. The van der Waals surface area contributed by atoms with Crippen molar-refractivity contribution in [1.82, 2.24) is 5.32 Å². The van der Waals surface area contributed by atoms with Crippen LogP contribution in [0, 0.1) is 6.92 Å². The van der Waals surface area contributed by atoms with Crippen LogP contribution in [0.15, 0.2) is 66.4 Å². The molecular weight excluding hydrogens is 356 g/mol. The highest BCUT2D eigenvalue weighted by Crippen LogP contribution is 2.27. The van der Waals surface area contributed by atoms with E-state index in [0.29, 0.717) is 10.8 Å². The summed E-state index contributed by atoms with van der Waals surface area (Å²) in [5.74, 6) is 0.671. The molecule has 0 radical (unpaired) electrons. The van der Waals surface area contributed by atoms with Gasteiger partial charge in [0, 0.05) is 0 Å². The lowest BCUT2D eigenvalue weighted by Crippen LogP contribution is -2.30. The van der Waals surface area contributed by atoms with Crippen LogP contribution in [0.3, 0.4) is 0 Å². The number of para-hydroxylation sites is 1. The van der Waals surface area contributed by atoms with Gasteiger partial charge in [0.1, 0.15) is 11.4 Å². The molecule has 27 heavy (non-hydrogen) atoms. The lowest BCUT2D eigenvalue weighted by molar-refractivity contribution is -0.113. The minimum atomic E-state index is -0.149. The van der Waals surface area contributed by atoms with Gasteiger partial charge in [-0.25, -0.2) is 0 Å². The summed E-state index contributed by atoms with van der Waals surface area (Å²) in [6.07, 6.45) is 1.83. The summed E-state index contributed by atoms with van der Waals surface area (Å²) in [6.45, 7) is 1.96. The molecule has 134 valence electrons. The quantitative estimate of drug-likeness (QED) is 0.544. The Morgan fingerprint density at radius 2 is 1.78 bits per heavy atom. The average molecular weight is 374 g/mol. The van der Waals surface area contributed by atoms with E-state index in [9.17, 15) is 4.79 Å². The van der Waals surface area contributed by atoms with Crippen molar-refractivity contribution in [2.24, 2.45) is 0 Å². The number of aryl methyl sites for hydroxylation is 1. The molecule has 1 amide bonds. The molecule has 0 bridgehead atoms. The number of anilines is 1. The predicted molar refractivity (Wildman–Crippen MR) is 113 cm³/mol. The lowest BCUT2D eigenvalue weighted by Gasteiger charge is -2.16. The second-order valence-electron chi connectivity index (χ2n) is 6.39. The van der Waals surface area contributed by atoms with Crippen molar-refractivity contribution in [3.05, 3.63) is 77.5 Å². The third-order valence-electron chi connectivity index (χ3n) is 4.62. The summed E-state index contributed by atoms with van der Waals surface area (Å²) < 4.78 is 5.26. The van der Waals surface area contributed by atoms with Gasteiger partial charge in [0.25, 0.3) is 5.91 Å². The van der Waals surface area contributed by atoms with Crippen molar-refractivity contribution in [2.45, 2.75) is 6.92 Å². The van der Waals surface area contributed by atoms with Crippen LogP contribution < -0.4 is 15.0 Å². The largest absolute Gasteiger partial charge is 0.497 e. The number of amides is 1. The Bertz CT molecular complexity index is 1100. The monoisotopic (exact) mass is 374 g/mol. The normalized spacial score (nSPS) is 15.5. The second-order valence-corrected chi connectivity index (χ2v) is 6.77. The summed E-state index contributed by atoms with van der Waals surface area (Å²) in [7, 11) is 1.65. The Morgan fingerprint density at radius 1 is 1.04 bits per heavy atom. The van der Waals surface area contributed by atoms with Crippen LogP contribution in [0.1, 0.15) is 11.1 Å². The molecule has 0 saturated carbocycles. The van der Waals surface area contributed by atoms with Gasteiger partial charge in [0.05, 0.1) is 12.8 Å². The Hall–Kier alpha value is -3.18. The van der Waals surface area contributed by atoms with Crippen LogP contribution in [0.5, 0.6) is 5.75 Å². The number of nitrogens with one attached hydrogen (secondary N) is 1.